The molecular formula is C30H35N3O3Si. The molecule has 2 aromatic carbocycles. The predicted molar refractivity (Wildman–Crippen MR) is 152 cm³/mol. The van der Waals surface area contributed by atoms with E-state index in [1.54, 1.807) is 0 Å². The lowest BCUT2D eigenvalue weighted by atomic mass is 9.70. The maximum absolute atomic E-state index is 14.0. The predicted octanol–water partition coefficient (Wildman–Crippen LogP) is 5.63. The number of H-pyrrole nitrogens is 1. The highest BCUT2D eigenvalue weighted by Crippen LogP contribution is 2.45. The summed E-state index contributed by atoms with van der Waals surface area (Å²) in [7, 11) is -1.49. The van der Waals surface area contributed by atoms with Crippen molar-refractivity contribution in [2.75, 3.05) is 31.1 Å². The zero-order chi connectivity index (χ0) is 26.7. The lowest BCUT2D eigenvalue weighted by Gasteiger charge is -2.38. The third-order valence-corrected chi connectivity index (χ3v) is 8.52. The lowest BCUT2D eigenvalue weighted by Crippen LogP contribution is -2.48. The van der Waals surface area contributed by atoms with E-state index in [4.69, 9.17) is 0 Å². The number of carboxylic acid groups (broad SMARTS) is 1. The highest BCUT2D eigenvalue weighted by Gasteiger charge is 2.40. The summed E-state index contributed by atoms with van der Waals surface area (Å²) in [5, 5.41) is 10.3. The van der Waals surface area contributed by atoms with E-state index in [9.17, 15) is 14.7 Å². The first kappa shape index (κ1) is 25.2. The molecule has 1 aromatic heterocycles. The van der Waals surface area contributed by atoms with E-state index >= 15 is 0 Å². The maximum atomic E-state index is 14.0. The first-order chi connectivity index (χ1) is 17.4. The minimum atomic E-state index is -1.49. The van der Waals surface area contributed by atoms with Crippen LogP contribution < -0.4 is 4.90 Å². The average Bonchev–Trinajstić information content (AvgIpc) is 3.25. The number of aryl methyl sites for hydroxylation is 1. The van der Waals surface area contributed by atoms with E-state index in [0.29, 0.717) is 26.2 Å². The number of amides is 1. The molecule has 7 heteroatoms. The van der Waals surface area contributed by atoms with Gasteiger partial charge in [-0.05, 0) is 41.8 Å². The van der Waals surface area contributed by atoms with Crippen LogP contribution in [0.2, 0.25) is 19.6 Å². The van der Waals surface area contributed by atoms with Crippen molar-refractivity contribution >= 4 is 36.5 Å². The molecule has 2 aliphatic rings. The Labute approximate surface area is 219 Å². The third kappa shape index (κ3) is 4.34. The molecule has 1 fully saturated rings. The van der Waals surface area contributed by atoms with Gasteiger partial charge in [-0.25, -0.2) is 4.79 Å². The molecule has 1 aliphatic heterocycles. The summed E-state index contributed by atoms with van der Waals surface area (Å²) in [5.41, 5.74) is 10.7. The number of carbonyl (C=O) groups is 2. The highest BCUT2D eigenvalue weighted by atomic mass is 28.3. The van der Waals surface area contributed by atoms with Crippen LogP contribution in [0.4, 0.5) is 10.5 Å². The van der Waals surface area contributed by atoms with Crippen LogP contribution in [0.3, 0.4) is 0 Å². The number of ketones is 1. The number of carbonyl (C=O) groups excluding carboxylic acids is 1. The summed E-state index contributed by atoms with van der Waals surface area (Å²) >= 11 is 0. The molecule has 0 unspecified atom stereocenters. The Hall–Kier alpha value is -3.50. The van der Waals surface area contributed by atoms with Crippen LogP contribution >= 0.6 is 0 Å². The SMILES string of the molecule is CCc1cc2c(cc1N1CCN(C(=O)O)CC1)C(C)(C)c1[nH]c3cc(C#C[Si](C)(C)C)ccc3c1C2=O. The van der Waals surface area contributed by atoms with Gasteiger partial charge >= 0.3 is 6.09 Å². The zero-order valence-electron chi connectivity index (χ0n) is 22.6. The van der Waals surface area contributed by atoms with Crippen LogP contribution in [0.15, 0.2) is 30.3 Å². The fraction of sp³-hybridized carbons (Fsp3) is 0.400. The molecule has 1 saturated heterocycles. The first-order valence-electron chi connectivity index (χ1n) is 13.0. The molecule has 2 N–H and O–H groups in total. The van der Waals surface area contributed by atoms with Gasteiger partial charge in [-0.1, -0.05) is 52.4 Å². The number of nitrogens with zero attached hydrogens (tertiary/aromatic N) is 2. The first-order valence-corrected chi connectivity index (χ1v) is 16.5. The van der Waals surface area contributed by atoms with Crippen molar-refractivity contribution in [2.45, 2.75) is 52.2 Å². The third-order valence-electron chi connectivity index (χ3n) is 7.64. The molecule has 192 valence electrons. The van der Waals surface area contributed by atoms with E-state index < -0.39 is 19.6 Å². The number of nitrogens with one attached hydrogen (secondary N) is 1. The molecule has 5 rings (SSSR count). The van der Waals surface area contributed by atoms with Crippen molar-refractivity contribution in [3.05, 3.63) is 63.8 Å². The number of rotatable bonds is 2. The smallest absolute Gasteiger partial charge is 0.407 e. The molecule has 0 radical (unpaired) electrons. The highest BCUT2D eigenvalue weighted by molar-refractivity contribution is 6.83. The van der Waals surface area contributed by atoms with Crippen LogP contribution in [0.25, 0.3) is 10.9 Å². The van der Waals surface area contributed by atoms with Gasteiger partial charge in [-0.2, -0.15) is 0 Å². The van der Waals surface area contributed by atoms with Crippen LogP contribution in [-0.2, 0) is 11.8 Å². The number of anilines is 1. The Bertz CT molecular complexity index is 1490. The lowest BCUT2D eigenvalue weighted by molar-refractivity contribution is 0.103. The summed E-state index contributed by atoms with van der Waals surface area (Å²) in [6.45, 7) is 15.4. The fourth-order valence-electron chi connectivity index (χ4n) is 5.56. The van der Waals surface area contributed by atoms with Crippen molar-refractivity contribution < 1.29 is 14.7 Å². The number of aromatic amines is 1. The molecule has 1 amide bonds. The Balaban J connectivity index is 1.59. The van der Waals surface area contributed by atoms with E-state index in [-0.39, 0.29) is 5.78 Å². The summed E-state index contributed by atoms with van der Waals surface area (Å²) in [6, 6.07) is 10.4. The van der Waals surface area contributed by atoms with Gasteiger partial charge in [0.05, 0.1) is 5.56 Å². The van der Waals surface area contributed by atoms with Crippen LogP contribution in [0.1, 0.15) is 59.1 Å². The van der Waals surface area contributed by atoms with E-state index in [2.05, 4.69) is 80.0 Å². The van der Waals surface area contributed by atoms with E-state index in [0.717, 1.165) is 56.5 Å². The molecule has 1 aliphatic carbocycles. The van der Waals surface area contributed by atoms with Gasteiger partial charge < -0.3 is 19.9 Å². The number of benzene rings is 2. The van der Waals surface area contributed by atoms with Gasteiger partial charge in [0.15, 0.2) is 5.78 Å². The van der Waals surface area contributed by atoms with Crippen molar-refractivity contribution in [2.24, 2.45) is 0 Å². The zero-order valence-corrected chi connectivity index (χ0v) is 23.6. The molecule has 6 nitrogen and oxygen atoms in total. The topological polar surface area (TPSA) is 76.6 Å². The second-order valence-electron chi connectivity index (χ2n) is 11.7. The van der Waals surface area contributed by atoms with Gasteiger partial charge in [-0.15, -0.1) is 5.54 Å². The number of hydrogen-bond donors (Lipinski definition) is 2. The molecule has 0 atom stereocenters. The van der Waals surface area contributed by atoms with Crippen LogP contribution in [-0.4, -0.2) is 61.1 Å². The van der Waals surface area contributed by atoms with Crippen molar-refractivity contribution in [3.8, 4) is 11.5 Å². The molecule has 0 saturated carbocycles. The molecule has 2 heterocycles. The second-order valence-corrected chi connectivity index (χ2v) is 16.5. The Morgan fingerprint density at radius 2 is 1.81 bits per heavy atom. The quantitative estimate of drug-likeness (QED) is 0.344. The number of aromatic nitrogens is 1. The molecule has 37 heavy (non-hydrogen) atoms. The van der Waals surface area contributed by atoms with Gasteiger partial charge in [-0.3, -0.25) is 4.79 Å². The monoisotopic (exact) mass is 513 g/mol. The summed E-state index contributed by atoms with van der Waals surface area (Å²) in [6.07, 6.45) is -0.0662. The minimum absolute atomic E-state index is 0.0634. The van der Waals surface area contributed by atoms with E-state index in [1.807, 2.05) is 12.1 Å². The van der Waals surface area contributed by atoms with Gasteiger partial charge in [0.25, 0.3) is 0 Å². The minimum Gasteiger partial charge on any atom is -0.465 e. The molecule has 0 spiro atoms. The van der Waals surface area contributed by atoms with Gasteiger partial charge in [0.1, 0.15) is 8.07 Å². The van der Waals surface area contributed by atoms with Crippen molar-refractivity contribution in [1.82, 2.24) is 9.88 Å². The van der Waals surface area contributed by atoms with Crippen molar-refractivity contribution in [1.29, 1.82) is 0 Å². The van der Waals surface area contributed by atoms with Gasteiger partial charge in [0, 0.05) is 65.0 Å². The van der Waals surface area contributed by atoms with E-state index in [1.165, 1.54) is 4.90 Å². The van der Waals surface area contributed by atoms with Crippen LogP contribution in [0.5, 0.6) is 0 Å². The van der Waals surface area contributed by atoms with Crippen molar-refractivity contribution in [3.63, 3.8) is 0 Å². The fourth-order valence-corrected chi connectivity index (χ4v) is 6.08. The summed E-state index contributed by atoms with van der Waals surface area (Å²) in [4.78, 5) is 32.7. The summed E-state index contributed by atoms with van der Waals surface area (Å²) in [5.74, 6) is 3.40. The van der Waals surface area contributed by atoms with Gasteiger partial charge in [0.2, 0.25) is 0 Å². The molecular weight excluding hydrogens is 478 g/mol. The average molecular weight is 514 g/mol. The number of fused-ring (bicyclic) bond motifs is 4. The Kier molecular flexibility index (Phi) is 5.99. The summed E-state index contributed by atoms with van der Waals surface area (Å²) < 4.78 is 0. The number of piperazine rings is 1. The molecule has 3 aromatic rings. The largest absolute Gasteiger partial charge is 0.465 e. The number of hydrogen-bond acceptors (Lipinski definition) is 3. The molecule has 0 bridgehead atoms. The standard InChI is InChI=1S/C30H35N3O3Si/c1-7-20-17-22-23(18-25(20)32-11-13-33(14-12-32)29(35)36)30(2,3)28-26(27(22)34)21-9-8-19(16-24(21)31-28)10-15-37(4,5)6/h8-9,16-18,31H,7,11-14H2,1-6H3,(H,35,36). The maximum Gasteiger partial charge on any atom is 0.407 e. The Morgan fingerprint density at radius 1 is 1.11 bits per heavy atom. The Morgan fingerprint density at radius 3 is 2.43 bits per heavy atom. The van der Waals surface area contributed by atoms with Crippen LogP contribution in [0, 0.1) is 11.5 Å². The second kappa shape index (κ2) is 8.81. The normalized spacial score (nSPS) is 16.8.